The molecule has 0 amide bonds. The number of anilines is 1. The fourth-order valence-corrected chi connectivity index (χ4v) is 1.81. The Morgan fingerprint density at radius 1 is 1.38 bits per heavy atom. The molecule has 2 nitrogen and oxygen atoms in total. The molecule has 0 aromatic heterocycles. The van der Waals surface area contributed by atoms with E-state index in [0.29, 0.717) is 12.8 Å². The Labute approximate surface area is 99.6 Å². The van der Waals surface area contributed by atoms with Gasteiger partial charge in [-0.15, -0.1) is 13.2 Å². The van der Waals surface area contributed by atoms with E-state index in [1.54, 1.807) is 18.2 Å². The van der Waals surface area contributed by atoms with Gasteiger partial charge in [0.05, 0.1) is 10.7 Å². The van der Waals surface area contributed by atoms with Crippen molar-refractivity contribution in [2.24, 2.45) is 5.84 Å². The van der Waals surface area contributed by atoms with Crippen molar-refractivity contribution in [3.8, 4) is 0 Å². The van der Waals surface area contributed by atoms with E-state index in [0.717, 1.165) is 11.1 Å². The number of hydrogen-bond acceptors (Lipinski definition) is 2. The molecular formula is C12H14ClFN2. The van der Waals surface area contributed by atoms with Gasteiger partial charge in [-0.1, -0.05) is 23.8 Å². The summed E-state index contributed by atoms with van der Waals surface area (Å²) in [7, 11) is 0. The largest absolute Gasteiger partial charge is 0.321 e. The van der Waals surface area contributed by atoms with Gasteiger partial charge in [-0.25, -0.2) is 4.39 Å². The van der Waals surface area contributed by atoms with Gasteiger partial charge in [0.1, 0.15) is 0 Å². The van der Waals surface area contributed by atoms with Crippen molar-refractivity contribution in [1.29, 1.82) is 0 Å². The Bertz CT molecular complexity index is 416. The van der Waals surface area contributed by atoms with Gasteiger partial charge in [0, 0.05) is 0 Å². The predicted molar refractivity (Wildman–Crippen MR) is 67.0 cm³/mol. The number of hydrogen-bond donors (Lipinski definition) is 2. The van der Waals surface area contributed by atoms with Crippen molar-refractivity contribution in [3.05, 3.63) is 53.3 Å². The summed E-state index contributed by atoms with van der Waals surface area (Å²) >= 11 is 5.77. The maximum Gasteiger partial charge on any atom is 0.166 e. The Morgan fingerprint density at radius 3 is 2.50 bits per heavy atom. The van der Waals surface area contributed by atoms with Crippen LogP contribution < -0.4 is 11.3 Å². The molecule has 0 spiro atoms. The SMILES string of the molecule is C=CCc1cc(Cl)c(F)c(NN)c1CC=C. The van der Waals surface area contributed by atoms with Gasteiger partial charge >= 0.3 is 0 Å². The molecule has 0 saturated carbocycles. The molecule has 16 heavy (non-hydrogen) atoms. The molecule has 86 valence electrons. The van der Waals surface area contributed by atoms with Crippen LogP contribution in [0.25, 0.3) is 0 Å². The number of halogens is 2. The van der Waals surface area contributed by atoms with E-state index in [1.165, 1.54) is 0 Å². The quantitative estimate of drug-likeness (QED) is 0.471. The minimum absolute atomic E-state index is 0.0533. The number of benzene rings is 1. The number of nitrogens with two attached hydrogens (primary N) is 1. The van der Waals surface area contributed by atoms with Gasteiger partial charge in [0.2, 0.25) is 0 Å². The van der Waals surface area contributed by atoms with Gasteiger partial charge < -0.3 is 5.43 Å². The average Bonchev–Trinajstić information content (AvgIpc) is 2.26. The highest BCUT2D eigenvalue weighted by molar-refractivity contribution is 6.31. The second-order valence-corrected chi connectivity index (χ2v) is 3.72. The van der Waals surface area contributed by atoms with Gasteiger partial charge in [-0.2, -0.15) is 0 Å². The Balaban J connectivity index is 3.41. The molecule has 0 aliphatic carbocycles. The first-order valence-electron chi connectivity index (χ1n) is 4.83. The molecule has 0 bridgehead atoms. The maximum atomic E-state index is 13.7. The summed E-state index contributed by atoms with van der Waals surface area (Å²) in [6, 6.07) is 1.60. The Kier molecular flexibility index (Phi) is 4.52. The summed E-state index contributed by atoms with van der Waals surface area (Å²) in [6.45, 7) is 7.29. The van der Waals surface area contributed by atoms with Crippen molar-refractivity contribution >= 4 is 17.3 Å². The number of allylic oxidation sites excluding steroid dienone is 2. The smallest absolute Gasteiger partial charge is 0.166 e. The zero-order chi connectivity index (χ0) is 12.1. The molecule has 0 aliphatic heterocycles. The molecule has 0 saturated heterocycles. The molecule has 0 radical (unpaired) electrons. The van der Waals surface area contributed by atoms with Crippen molar-refractivity contribution in [2.45, 2.75) is 12.8 Å². The molecule has 1 aromatic carbocycles. The highest BCUT2D eigenvalue weighted by Crippen LogP contribution is 2.30. The number of nitrogen functional groups attached to an aromatic ring is 1. The molecule has 1 aromatic rings. The van der Waals surface area contributed by atoms with Crippen LogP contribution in [0.3, 0.4) is 0 Å². The highest BCUT2D eigenvalue weighted by atomic mass is 35.5. The summed E-state index contributed by atoms with van der Waals surface area (Å²) in [6.07, 6.45) is 4.56. The third kappa shape index (κ3) is 2.43. The summed E-state index contributed by atoms with van der Waals surface area (Å²) in [5.74, 6) is 4.77. The Morgan fingerprint density at radius 2 is 2.00 bits per heavy atom. The van der Waals surface area contributed by atoms with E-state index < -0.39 is 5.82 Å². The first-order chi connectivity index (χ1) is 7.65. The summed E-state index contributed by atoms with van der Waals surface area (Å²) in [5, 5.41) is 0.0533. The fraction of sp³-hybridized carbons (Fsp3) is 0.167. The molecule has 0 atom stereocenters. The Hall–Kier alpha value is -1.32. The van der Waals surface area contributed by atoms with Crippen LogP contribution in [0, 0.1) is 5.82 Å². The van der Waals surface area contributed by atoms with E-state index in [1.807, 2.05) is 0 Å². The summed E-state index contributed by atoms with van der Waals surface area (Å²) in [5.41, 5.74) is 4.23. The number of rotatable bonds is 5. The van der Waals surface area contributed by atoms with Crippen molar-refractivity contribution in [3.63, 3.8) is 0 Å². The van der Waals surface area contributed by atoms with E-state index in [9.17, 15) is 4.39 Å². The van der Waals surface area contributed by atoms with E-state index in [2.05, 4.69) is 18.6 Å². The molecule has 0 heterocycles. The van der Waals surface area contributed by atoms with Crippen molar-refractivity contribution < 1.29 is 4.39 Å². The van der Waals surface area contributed by atoms with Crippen molar-refractivity contribution in [2.75, 3.05) is 5.43 Å². The second kappa shape index (κ2) is 5.68. The van der Waals surface area contributed by atoms with Gasteiger partial charge in [0.15, 0.2) is 5.82 Å². The number of hydrazine groups is 1. The normalized spacial score (nSPS) is 9.94. The lowest BCUT2D eigenvalue weighted by molar-refractivity contribution is 0.628. The zero-order valence-corrected chi connectivity index (χ0v) is 9.65. The lowest BCUT2D eigenvalue weighted by Gasteiger charge is -2.14. The fourth-order valence-electron chi connectivity index (χ4n) is 1.58. The van der Waals surface area contributed by atoms with Crippen LogP contribution in [0.5, 0.6) is 0 Å². The van der Waals surface area contributed by atoms with Crippen LogP contribution in [0.4, 0.5) is 10.1 Å². The molecular weight excluding hydrogens is 227 g/mol. The van der Waals surface area contributed by atoms with Crippen LogP contribution in [0.15, 0.2) is 31.4 Å². The average molecular weight is 241 g/mol. The summed E-state index contributed by atoms with van der Waals surface area (Å²) in [4.78, 5) is 0. The van der Waals surface area contributed by atoms with Crippen LogP contribution in [-0.4, -0.2) is 0 Å². The molecule has 0 aliphatic rings. The third-order valence-corrected chi connectivity index (χ3v) is 2.55. The molecule has 0 fully saturated rings. The first-order valence-corrected chi connectivity index (χ1v) is 5.21. The highest BCUT2D eigenvalue weighted by Gasteiger charge is 2.15. The van der Waals surface area contributed by atoms with Crippen LogP contribution in [0.2, 0.25) is 5.02 Å². The standard InChI is InChI=1S/C12H14ClFN2/c1-3-5-8-7-10(13)11(14)12(16-15)9(8)6-4-2/h3-4,7,16H,1-2,5-6,15H2. The molecule has 4 heteroatoms. The first kappa shape index (κ1) is 12.7. The van der Waals surface area contributed by atoms with Gasteiger partial charge in [-0.3, -0.25) is 5.84 Å². The lowest BCUT2D eigenvalue weighted by Crippen LogP contribution is -2.13. The molecule has 0 unspecified atom stereocenters. The molecule has 3 N–H and O–H groups in total. The van der Waals surface area contributed by atoms with Gasteiger partial charge in [0.25, 0.3) is 0 Å². The van der Waals surface area contributed by atoms with Crippen molar-refractivity contribution in [1.82, 2.24) is 0 Å². The zero-order valence-electron chi connectivity index (χ0n) is 8.89. The van der Waals surface area contributed by atoms with Gasteiger partial charge in [-0.05, 0) is 30.0 Å². The van der Waals surface area contributed by atoms with E-state index in [-0.39, 0.29) is 10.7 Å². The van der Waals surface area contributed by atoms with Crippen LogP contribution >= 0.6 is 11.6 Å². The van der Waals surface area contributed by atoms with E-state index in [4.69, 9.17) is 17.4 Å². The van der Waals surface area contributed by atoms with E-state index >= 15 is 0 Å². The predicted octanol–water partition coefficient (Wildman–Crippen LogP) is 3.22. The third-order valence-electron chi connectivity index (χ3n) is 2.28. The lowest BCUT2D eigenvalue weighted by atomic mass is 9.99. The topological polar surface area (TPSA) is 38.0 Å². The van der Waals surface area contributed by atoms with Crippen LogP contribution in [0.1, 0.15) is 11.1 Å². The second-order valence-electron chi connectivity index (χ2n) is 3.31. The minimum Gasteiger partial charge on any atom is -0.321 e. The monoisotopic (exact) mass is 240 g/mol. The minimum atomic E-state index is -0.533. The van der Waals surface area contributed by atoms with Crippen LogP contribution in [-0.2, 0) is 12.8 Å². The summed E-state index contributed by atoms with van der Waals surface area (Å²) < 4.78 is 13.7. The molecule has 1 rings (SSSR count). The maximum absolute atomic E-state index is 13.7. The number of nitrogens with one attached hydrogen (secondary N) is 1.